The molecule has 2 rings (SSSR count). The van der Waals surface area contributed by atoms with E-state index in [1.54, 1.807) is 13.1 Å². The minimum absolute atomic E-state index is 0.0460. The fraction of sp³-hybridized carbons (Fsp3) is 0.312. The summed E-state index contributed by atoms with van der Waals surface area (Å²) in [6, 6.07) is 7.80. The van der Waals surface area contributed by atoms with Crippen LogP contribution in [0.1, 0.15) is 24.7 Å². The Hall–Kier alpha value is -2.14. The van der Waals surface area contributed by atoms with Gasteiger partial charge < -0.3 is 10.6 Å². The third kappa shape index (κ3) is 4.43. The van der Waals surface area contributed by atoms with E-state index < -0.39 is 0 Å². The first-order valence-electron chi connectivity index (χ1n) is 7.21. The van der Waals surface area contributed by atoms with Crippen LogP contribution in [0.2, 0.25) is 5.02 Å². The fourth-order valence-electron chi connectivity index (χ4n) is 2.04. The van der Waals surface area contributed by atoms with E-state index in [0.717, 1.165) is 17.7 Å². The Balaban J connectivity index is 1.87. The minimum atomic E-state index is -0.0460. The van der Waals surface area contributed by atoms with Gasteiger partial charge >= 0.3 is 0 Å². The number of benzene rings is 1. The molecule has 1 aromatic heterocycles. The zero-order chi connectivity index (χ0) is 15.9. The molecule has 0 unspecified atom stereocenters. The molecule has 2 aromatic rings. The highest BCUT2D eigenvalue weighted by Crippen LogP contribution is 2.18. The largest absolute Gasteiger partial charge is 0.368 e. The average molecular weight is 319 g/mol. The van der Waals surface area contributed by atoms with E-state index in [4.69, 9.17) is 11.6 Å². The van der Waals surface area contributed by atoms with E-state index >= 15 is 0 Å². The molecule has 0 saturated heterocycles. The van der Waals surface area contributed by atoms with Gasteiger partial charge in [0.15, 0.2) is 0 Å². The molecule has 1 heterocycles. The zero-order valence-electron chi connectivity index (χ0n) is 12.7. The molecular weight excluding hydrogens is 300 g/mol. The van der Waals surface area contributed by atoms with Crippen LogP contribution in [-0.2, 0) is 11.2 Å². The molecule has 22 heavy (non-hydrogen) atoms. The molecule has 0 saturated carbocycles. The summed E-state index contributed by atoms with van der Waals surface area (Å²) >= 11 is 5.99. The maximum atomic E-state index is 12.0. The molecule has 0 aliphatic heterocycles. The first-order valence-corrected chi connectivity index (χ1v) is 7.58. The lowest BCUT2D eigenvalue weighted by molar-refractivity contribution is -0.115. The second kappa shape index (κ2) is 7.75. The van der Waals surface area contributed by atoms with Crippen molar-refractivity contribution in [1.82, 2.24) is 9.97 Å². The zero-order valence-corrected chi connectivity index (χ0v) is 13.4. The topological polar surface area (TPSA) is 66.9 Å². The minimum Gasteiger partial charge on any atom is -0.368 e. The number of para-hydroxylation sites is 1. The van der Waals surface area contributed by atoms with E-state index in [0.29, 0.717) is 29.6 Å². The molecule has 1 amide bonds. The second-order valence-electron chi connectivity index (χ2n) is 4.85. The maximum absolute atomic E-state index is 12.0. The van der Waals surface area contributed by atoms with E-state index in [2.05, 4.69) is 27.5 Å². The van der Waals surface area contributed by atoms with Crippen molar-refractivity contribution in [2.45, 2.75) is 26.7 Å². The average Bonchev–Trinajstić information content (AvgIpc) is 2.51. The number of hydrogen-bond acceptors (Lipinski definition) is 4. The molecule has 0 radical (unpaired) electrons. The van der Waals surface area contributed by atoms with Crippen LogP contribution in [0.25, 0.3) is 0 Å². The fourth-order valence-corrected chi connectivity index (χ4v) is 2.19. The number of nitrogens with zero attached hydrogens (tertiary/aromatic N) is 2. The van der Waals surface area contributed by atoms with Gasteiger partial charge in [-0.15, -0.1) is 0 Å². The highest BCUT2D eigenvalue weighted by Gasteiger charge is 2.07. The van der Waals surface area contributed by atoms with Crippen LogP contribution in [0, 0.1) is 6.92 Å². The standard InChI is InChI=1S/C16H19ClN4O/c1-3-12-6-4-5-7-14(12)21-15(22)8-9-18-16-13(17)10-19-11(2)20-16/h4-7,10H,3,8-9H2,1-2H3,(H,21,22)(H,18,19,20). The van der Waals surface area contributed by atoms with Crippen molar-refractivity contribution in [2.75, 3.05) is 17.2 Å². The molecule has 0 bridgehead atoms. The maximum Gasteiger partial charge on any atom is 0.226 e. The SMILES string of the molecule is CCc1ccccc1NC(=O)CCNc1nc(C)ncc1Cl. The van der Waals surface area contributed by atoms with Gasteiger partial charge in [0.2, 0.25) is 5.91 Å². The molecule has 6 heteroatoms. The normalized spacial score (nSPS) is 10.3. The van der Waals surface area contributed by atoms with Crippen LogP contribution in [0.4, 0.5) is 11.5 Å². The third-order valence-electron chi connectivity index (χ3n) is 3.18. The van der Waals surface area contributed by atoms with Gasteiger partial charge in [0.1, 0.15) is 16.7 Å². The molecule has 1 aromatic carbocycles. The van der Waals surface area contributed by atoms with Crippen LogP contribution in [-0.4, -0.2) is 22.4 Å². The number of halogens is 1. The van der Waals surface area contributed by atoms with Gasteiger partial charge in [-0.3, -0.25) is 4.79 Å². The van der Waals surface area contributed by atoms with Crippen LogP contribution < -0.4 is 10.6 Å². The number of anilines is 2. The Labute approximate surface area is 135 Å². The van der Waals surface area contributed by atoms with Gasteiger partial charge in [-0.1, -0.05) is 36.7 Å². The van der Waals surface area contributed by atoms with E-state index in [1.807, 2.05) is 24.3 Å². The van der Waals surface area contributed by atoms with Crippen LogP contribution >= 0.6 is 11.6 Å². The second-order valence-corrected chi connectivity index (χ2v) is 5.26. The monoisotopic (exact) mass is 318 g/mol. The summed E-state index contributed by atoms with van der Waals surface area (Å²) in [5, 5.41) is 6.43. The van der Waals surface area contributed by atoms with Crippen molar-refractivity contribution in [3.05, 3.63) is 46.9 Å². The van der Waals surface area contributed by atoms with Crippen molar-refractivity contribution in [3.8, 4) is 0 Å². The first-order chi connectivity index (χ1) is 10.6. The van der Waals surface area contributed by atoms with Crippen LogP contribution in [0.15, 0.2) is 30.5 Å². The van der Waals surface area contributed by atoms with Gasteiger partial charge in [0.25, 0.3) is 0 Å². The smallest absolute Gasteiger partial charge is 0.226 e. The number of hydrogen-bond donors (Lipinski definition) is 2. The van der Waals surface area contributed by atoms with E-state index in [1.165, 1.54) is 0 Å². The molecule has 0 spiro atoms. The van der Waals surface area contributed by atoms with Gasteiger partial charge in [0.05, 0.1) is 6.20 Å². The summed E-state index contributed by atoms with van der Waals surface area (Å²) in [6.45, 7) is 4.30. The number of aryl methyl sites for hydroxylation is 2. The summed E-state index contributed by atoms with van der Waals surface area (Å²) in [5.41, 5.74) is 1.99. The van der Waals surface area contributed by atoms with Crippen molar-refractivity contribution in [3.63, 3.8) is 0 Å². The van der Waals surface area contributed by atoms with Gasteiger partial charge in [-0.05, 0) is 25.0 Å². The Morgan fingerprint density at radius 3 is 2.86 bits per heavy atom. The number of rotatable bonds is 6. The Bertz CT molecular complexity index is 660. The Morgan fingerprint density at radius 1 is 1.32 bits per heavy atom. The molecule has 0 aliphatic rings. The Morgan fingerprint density at radius 2 is 2.09 bits per heavy atom. The summed E-state index contributed by atoms with van der Waals surface area (Å²) in [6.07, 6.45) is 2.76. The number of carbonyl (C=O) groups is 1. The quantitative estimate of drug-likeness (QED) is 0.856. The molecular formula is C16H19ClN4O. The van der Waals surface area contributed by atoms with Crippen molar-refractivity contribution < 1.29 is 4.79 Å². The number of aromatic nitrogens is 2. The predicted molar refractivity (Wildman–Crippen MR) is 89.3 cm³/mol. The summed E-state index contributed by atoms with van der Waals surface area (Å²) in [5.74, 6) is 1.14. The predicted octanol–water partition coefficient (Wildman–Crippen LogP) is 3.44. The van der Waals surface area contributed by atoms with Gasteiger partial charge in [-0.2, -0.15) is 0 Å². The molecule has 2 N–H and O–H groups in total. The summed E-state index contributed by atoms with van der Waals surface area (Å²) in [7, 11) is 0. The van der Waals surface area contributed by atoms with Crippen LogP contribution in [0.5, 0.6) is 0 Å². The first kappa shape index (κ1) is 16.2. The molecule has 0 atom stereocenters. The van der Waals surface area contributed by atoms with E-state index in [-0.39, 0.29) is 5.91 Å². The highest BCUT2D eigenvalue weighted by molar-refractivity contribution is 6.32. The van der Waals surface area contributed by atoms with Crippen molar-refractivity contribution in [2.24, 2.45) is 0 Å². The number of carbonyl (C=O) groups excluding carboxylic acids is 1. The molecule has 5 nitrogen and oxygen atoms in total. The van der Waals surface area contributed by atoms with Crippen LogP contribution in [0.3, 0.4) is 0 Å². The number of nitrogens with one attached hydrogen (secondary N) is 2. The molecule has 0 fully saturated rings. The Kier molecular flexibility index (Phi) is 5.72. The highest BCUT2D eigenvalue weighted by atomic mass is 35.5. The lowest BCUT2D eigenvalue weighted by atomic mass is 10.1. The lowest BCUT2D eigenvalue weighted by Crippen LogP contribution is -2.17. The molecule has 116 valence electrons. The van der Waals surface area contributed by atoms with Gasteiger partial charge in [-0.25, -0.2) is 9.97 Å². The lowest BCUT2D eigenvalue weighted by Gasteiger charge is -2.10. The third-order valence-corrected chi connectivity index (χ3v) is 3.46. The van der Waals surface area contributed by atoms with E-state index in [9.17, 15) is 4.79 Å². The molecule has 0 aliphatic carbocycles. The summed E-state index contributed by atoms with van der Waals surface area (Å²) < 4.78 is 0. The van der Waals surface area contributed by atoms with Gasteiger partial charge in [0, 0.05) is 18.7 Å². The van der Waals surface area contributed by atoms with Crippen molar-refractivity contribution >= 4 is 29.0 Å². The summed E-state index contributed by atoms with van der Waals surface area (Å²) in [4.78, 5) is 20.2. The number of amides is 1. The van der Waals surface area contributed by atoms with Crippen molar-refractivity contribution in [1.29, 1.82) is 0 Å².